The predicted octanol–water partition coefficient (Wildman–Crippen LogP) is 1.69. The van der Waals surface area contributed by atoms with Crippen molar-refractivity contribution in [3.8, 4) is 11.5 Å². The molecule has 0 bridgehead atoms. The Morgan fingerprint density at radius 3 is 2.03 bits per heavy atom. The summed E-state index contributed by atoms with van der Waals surface area (Å²) in [5, 5.41) is 42.8. The van der Waals surface area contributed by atoms with Crippen LogP contribution in [-0.2, 0) is 96.3 Å². The summed E-state index contributed by atoms with van der Waals surface area (Å²) < 4.78 is 49.8. The Kier molecular flexibility index (Phi) is 17.0. The summed E-state index contributed by atoms with van der Waals surface area (Å²) in [7, 11) is 0. The fraction of sp³-hybridized carbons (Fsp3) is 0.690. The molecule has 1 amide bonds. The number of fused-ring (bicyclic) bond motifs is 4. The van der Waals surface area contributed by atoms with Crippen molar-refractivity contribution in [1.29, 1.82) is 0 Å². The van der Waals surface area contributed by atoms with Crippen LogP contribution in [0.15, 0.2) is 12.1 Å². The minimum atomic E-state index is -2.22. The number of rotatable bonds is 5. The maximum absolute atomic E-state index is 12.3. The van der Waals surface area contributed by atoms with E-state index in [4.69, 9.17) is 42.6 Å². The minimum absolute atomic E-state index is 0. The Labute approximate surface area is 382 Å². The number of hydrogen-bond donors (Lipinski definition) is 4. The van der Waals surface area contributed by atoms with Crippen molar-refractivity contribution in [3.63, 3.8) is 0 Å². The van der Waals surface area contributed by atoms with Gasteiger partial charge in [-0.3, -0.25) is 4.79 Å². The van der Waals surface area contributed by atoms with Crippen LogP contribution in [0.2, 0.25) is 0 Å². The molecule has 0 aromatic heterocycles. The van der Waals surface area contributed by atoms with Crippen molar-refractivity contribution < 1.29 is 101 Å². The quantitative estimate of drug-likeness (QED) is 0.251. The molecule has 9 atom stereocenters. The topological polar surface area (TPSA) is 184 Å². The Morgan fingerprint density at radius 1 is 0.833 bits per heavy atom. The molecule has 2 aromatic carbocycles. The van der Waals surface area contributed by atoms with Gasteiger partial charge in [-0.2, -0.15) is 12.1 Å². The molecule has 7 radical (unpaired) electrons. The van der Waals surface area contributed by atoms with E-state index in [9.17, 15) is 25.2 Å². The molecule has 0 spiro atoms. The van der Waals surface area contributed by atoms with E-state index >= 15 is 0 Å². The van der Waals surface area contributed by atoms with Gasteiger partial charge in [0.25, 0.3) is 5.91 Å². The van der Waals surface area contributed by atoms with Crippen LogP contribution >= 0.6 is 0 Å². The molecule has 7 heterocycles. The van der Waals surface area contributed by atoms with E-state index in [0.717, 1.165) is 54.1 Å². The normalized spacial score (nSPS) is 31.5. The summed E-state index contributed by atoms with van der Waals surface area (Å²) >= 11 is 0. The monoisotopic (exact) mass is 911 g/mol. The zero-order valence-electron chi connectivity index (χ0n) is 35.9. The third-order valence-electron chi connectivity index (χ3n) is 11.6. The Balaban J connectivity index is 0.000000206. The second-order valence-corrected chi connectivity index (χ2v) is 16.3. The van der Waals surface area contributed by atoms with Crippen molar-refractivity contribution >= 4 is 22.7 Å². The van der Waals surface area contributed by atoms with Crippen LogP contribution in [0.4, 0.5) is 0 Å². The first-order chi connectivity index (χ1) is 27.0. The maximum atomic E-state index is 12.3. The molecule has 5 saturated heterocycles. The SMILES string of the molecule is CC1(C)O[C@@H]2O[C@@H](C(=O)N3CCOCC3)[C@@H](O)[C@@H]2O1.CCc1c[c-]c2c(c1C)OCC2.CCc1cc([C@H](O)[C@]2(O)O[C@H]3OC(C)(C)O[C@H]3[C@@H]2O)c2c(c1C)OCC2.[B].[B].[Y]. The van der Waals surface area contributed by atoms with E-state index in [0.29, 0.717) is 44.9 Å². The summed E-state index contributed by atoms with van der Waals surface area (Å²) in [4.78, 5) is 13.9. The Bertz CT molecular complexity index is 1810. The molecule has 60 heavy (non-hydrogen) atoms. The van der Waals surface area contributed by atoms with E-state index in [2.05, 4.69) is 26.0 Å². The Morgan fingerprint density at radius 2 is 1.42 bits per heavy atom. The second-order valence-electron chi connectivity index (χ2n) is 16.3. The van der Waals surface area contributed by atoms with E-state index in [1.165, 1.54) is 16.7 Å². The number of ether oxygens (including phenoxy) is 9. The summed E-state index contributed by atoms with van der Waals surface area (Å²) in [5.74, 6) is -2.31. The van der Waals surface area contributed by atoms with Gasteiger partial charge in [0.05, 0.1) is 26.4 Å². The molecule has 5 fully saturated rings. The minimum Gasteiger partial charge on any atom is -0.550 e. The van der Waals surface area contributed by atoms with Crippen LogP contribution in [0.1, 0.15) is 86.6 Å². The van der Waals surface area contributed by atoms with Gasteiger partial charge in [-0.1, -0.05) is 33.3 Å². The van der Waals surface area contributed by atoms with Crippen LogP contribution < -0.4 is 9.47 Å². The predicted molar refractivity (Wildman–Crippen MR) is 213 cm³/mol. The van der Waals surface area contributed by atoms with E-state index < -0.39 is 66.6 Å². The average Bonchev–Trinajstić information content (AvgIpc) is 4.04. The van der Waals surface area contributed by atoms with Gasteiger partial charge in [0.1, 0.15) is 36.3 Å². The van der Waals surface area contributed by atoms with E-state index in [-0.39, 0.29) is 55.4 Å². The molecule has 9 rings (SSSR count). The smallest absolute Gasteiger partial charge is 0.254 e. The molecule has 15 nitrogen and oxygen atoms in total. The van der Waals surface area contributed by atoms with Gasteiger partial charge in [0, 0.05) is 80.4 Å². The number of aryl methyl sites for hydroxylation is 2. The molecular weight excluding hydrogens is 853 g/mol. The number of carbonyl (C=O) groups excluding carboxylic acids is 1. The molecule has 7 aliphatic rings. The molecule has 18 heteroatoms. The summed E-state index contributed by atoms with van der Waals surface area (Å²) in [6, 6.07) is 7.25. The maximum Gasteiger partial charge on any atom is 0.254 e. The third-order valence-corrected chi connectivity index (χ3v) is 11.6. The average molecular weight is 911 g/mol. The van der Waals surface area contributed by atoms with Crippen molar-refractivity contribution in [2.75, 3.05) is 39.5 Å². The van der Waals surface area contributed by atoms with Gasteiger partial charge in [0.2, 0.25) is 5.79 Å². The van der Waals surface area contributed by atoms with Gasteiger partial charge in [-0.25, -0.2) is 0 Å². The van der Waals surface area contributed by atoms with Crippen LogP contribution in [0.5, 0.6) is 11.5 Å². The van der Waals surface area contributed by atoms with Crippen LogP contribution in [-0.4, -0.2) is 148 Å². The first kappa shape index (κ1) is 50.9. The van der Waals surface area contributed by atoms with E-state index in [1.807, 2.05) is 19.9 Å². The zero-order valence-corrected chi connectivity index (χ0v) is 38.7. The molecule has 0 aliphatic carbocycles. The number of benzene rings is 2. The molecule has 0 unspecified atom stereocenters. The number of morpholine rings is 1. The van der Waals surface area contributed by atoms with Gasteiger partial charge >= 0.3 is 0 Å². The number of aliphatic hydroxyl groups is 4. The zero-order chi connectivity index (χ0) is 41.0. The summed E-state index contributed by atoms with van der Waals surface area (Å²) in [6.07, 6.45) is -4.43. The van der Waals surface area contributed by atoms with Gasteiger partial charge in [-0.15, -0.1) is 16.7 Å². The van der Waals surface area contributed by atoms with Crippen molar-refractivity contribution in [3.05, 3.63) is 57.1 Å². The van der Waals surface area contributed by atoms with Gasteiger partial charge < -0.3 is 68.0 Å². The largest absolute Gasteiger partial charge is 0.550 e. The number of carbonyl (C=O) groups is 1. The van der Waals surface area contributed by atoms with Crippen LogP contribution in [0.25, 0.3) is 0 Å². The molecule has 4 N–H and O–H groups in total. The first-order valence-electron chi connectivity index (χ1n) is 20.1. The number of hydrogen-bond acceptors (Lipinski definition) is 14. The molecule has 0 saturated carbocycles. The van der Waals surface area contributed by atoms with Crippen molar-refractivity contribution in [2.45, 2.75) is 148 Å². The molecule has 325 valence electrons. The fourth-order valence-corrected chi connectivity index (χ4v) is 8.59. The molecular formula is C42H58B2NO14Y-. The fourth-order valence-electron chi connectivity index (χ4n) is 8.59. The molecule has 2 aromatic rings. The third kappa shape index (κ3) is 9.84. The number of nitrogens with zero attached hydrogens (tertiary/aromatic N) is 1. The summed E-state index contributed by atoms with van der Waals surface area (Å²) in [5.41, 5.74) is 7.34. The first-order valence-corrected chi connectivity index (χ1v) is 20.1. The van der Waals surface area contributed by atoms with Crippen molar-refractivity contribution in [2.24, 2.45) is 0 Å². The van der Waals surface area contributed by atoms with Crippen LogP contribution in [0, 0.1) is 19.9 Å². The van der Waals surface area contributed by atoms with Gasteiger partial charge in [-0.05, 0) is 64.2 Å². The Hall–Kier alpha value is -1.70. The second kappa shape index (κ2) is 20.0. The standard InChI is InChI=1S/C19H26O7.C12H19NO6.C11H13O.2B.Y/c1-5-10-8-12(11-6-7-23-13(11)9(10)2)15(20)19(22)16(21)14-17(26-19)25-18(3,4)24-14;1-12(2)18-9-7(14)8(17-11(9)19-12)10(15)13-3-5-16-6-4-13;1-3-9-4-5-10-6-7-12-11(10)8(9)2;;;/h8,14-17,20-22H,5-7H2,1-4H3;7-9,11,14H,3-6H2,1-2H3;4H,3,6-7H2,1-2H3;;;/q;;-1;;;/t14-,15-,16-,17+,19-;7-,8-,9+,11+;;;;/m01..../s1. The van der Waals surface area contributed by atoms with Gasteiger partial charge in [0.15, 0.2) is 30.3 Å². The van der Waals surface area contributed by atoms with Crippen LogP contribution in [0.3, 0.4) is 0 Å². The van der Waals surface area contributed by atoms with E-state index in [1.54, 1.807) is 32.6 Å². The summed E-state index contributed by atoms with van der Waals surface area (Å²) in [6.45, 7) is 18.6. The number of amides is 1. The molecule has 7 aliphatic heterocycles. The van der Waals surface area contributed by atoms with Crippen molar-refractivity contribution in [1.82, 2.24) is 4.90 Å². The number of aliphatic hydroxyl groups excluding tert-OH is 3.